The van der Waals surface area contributed by atoms with E-state index in [1.54, 1.807) is 19.1 Å². The minimum absolute atomic E-state index is 0.0144. The Bertz CT molecular complexity index is 2000. The van der Waals surface area contributed by atoms with Crippen LogP contribution in [0, 0.1) is 6.92 Å². The number of aliphatic carboxylic acids is 1. The lowest BCUT2D eigenvalue weighted by Crippen LogP contribution is -2.34. The van der Waals surface area contributed by atoms with Gasteiger partial charge < -0.3 is 14.6 Å². The molecule has 0 aliphatic carbocycles. The van der Waals surface area contributed by atoms with Crippen molar-refractivity contribution in [2.45, 2.75) is 56.5 Å². The number of thiophene rings is 1. The highest BCUT2D eigenvalue weighted by atomic mass is 35.5. The van der Waals surface area contributed by atoms with E-state index in [1.807, 2.05) is 18.4 Å². The normalized spacial score (nSPS) is 18.0. The third-order valence-corrected chi connectivity index (χ3v) is 11.2. The predicted molar refractivity (Wildman–Crippen MR) is 171 cm³/mol. The number of ether oxygens (including phenoxy) is 2. The molecule has 2 atom stereocenters. The summed E-state index contributed by atoms with van der Waals surface area (Å²) >= 11 is 7.60. The van der Waals surface area contributed by atoms with Gasteiger partial charge in [0, 0.05) is 30.4 Å². The van der Waals surface area contributed by atoms with Crippen LogP contribution >= 0.6 is 33.7 Å². The molecule has 4 heterocycles. The summed E-state index contributed by atoms with van der Waals surface area (Å²) < 4.78 is 77.7. The first kappa shape index (κ1) is 33.2. The number of aryl methyl sites for hydroxylation is 2. The smallest absolute Gasteiger partial charge is 0.481 e. The second-order valence-corrected chi connectivity index (χ2v) is 14.5. The van der Waals surface area contributed by atoms with Crippen molar-refractivity contribution in [2.75, 3.05) is 6.54 Å². The van der Waals surface area contributed by atoms with Gasteiger partial charge >= 0.3 is 12.3 Å². The molecule has 0 saturated heterocycles. The lowest BCUT2D eigenvalue weighted by atomic mass is 9.84. The number of nitrogens with zero attached hydrogens (tertiary/aromatic N) is 5. The van der Waals surface area contributed by atoms with E-state index in [0.717, 1.165) is 10.1 Å². The fourth-order valence-corrected chi connectivity index (χ4v) is 8.61. The molecule has 2 aromatic carbocycles. The third-order valence-electron chi connectivity index (χ3n) is 8.10. The van der Waals surface area contributed by atoms with E-state index in [9.17, 15) is 32.2 Å². The summed E-state index contributed by atoms with van der Waals surface area (Å²) in [5.74, 6) is -2.59. The van der Waals surface area contributed by atoms with Gasteiger partial charge in [0.15, 0.2) is 5.75 Å². The van der Waals surface area contributed by atoms with Crippen molar-refractivity contribution in [2.24, 2.45) is 7.05 Å². The van der Waals surface area contributed by atoms with E-state index in [4.69, 9.17) is 16.3 Å². The van der Waals surface area contributed by atoms with Crippen molar-refractivity contribution in [1.82, 2.24) is 24.3 Å². The van der Waals surface area contributed by atoms with E-state index in [-0.39, 0.29) is 45.5 Å². The standard InChI is InChI=1S/C30H29ClF3N5O6S2/c1-4-20-14-39(47(42,43)24-9-19(31)12-35-29(24)44-20)13-18-8-17(7-16-5-6-46-28(16)18)22(11-25(40)41)21-10-23(45-30(32,33)34)27-26(15(21)2)36-37-38(27)3/h5-10,12,20,22,42-43H,4,11,13-14H2,1-3H3,(H,40,41)/t20-,22-/m1/s1. The summed E-state index contributed by atoms with van der Waals surface area (Å²) in [6, 6.07) is 8.01. The van der Waals surface area contributed by atoms with Gasteiger partial charge in [0.1, 0.15) is 22.0 Å². The number of hydrogen-bond acceptors (Lipinski definition) is 10. The van der Waals surface area contributed by atoms with Gasteiger partial charge in [0.2, 0.25) is 5.88 Å². The molecule has 6 rings (SSSR count). The van der Waals surface area contributed by atoms with Gasteiger partial charge in [-0.05, 0) is 70.6 Å². The van der Waals surface area contributed by atoms with Crippen molar-refractivity contribution >= 4 is 60.8 Å². The lowest BCUT2D eigenvalue weighted by molar-refractivity contribution is -0.274. The number of fused-ring (bicyclic) bond motifs is 3. The summed E-state index contributed by atoms with van der Waals surface area (Å²) in [4.78, 5) is 16.5. The van der Waals surface area contributed by atoms with Gasteiger partial charge in [-0.3, -0.25) is 13.9 Å². The summed E-state index contributed by atoms with van der Waals surface area (Å²) in [6.07, 6.45) is -4.02. The van der Waals surface area contributed by atoms with Crippen molar-refractivity contribution in [1.29, 1.82) is 0 Å². The first-order chi connectivity index (χ1) is 22.2. The largest absolute Gasteiger partial charge is 0.573 e. The topological polar surface area (TPSA) is 143 Å². The van der Waals surface area contributed by atoms with Crippen LogP contribution in [-0.2, 0) is 18.4 Å². The molecule has 0 saturated carbocycles. The van der Waals surface area contributed by atoms with Crippen LogP contribution in [0.5, 0.6) is 11.6 Å². The van der Waals surface area contributed by atoms with Crippen LogP contribution in [0.4, 0.5) is 13.2 Å². The molecule has 1 aliphatic heterocycles. The monoisotopic (exact) mass is 711 g/mol. The van der Waals surface area contributed by atoms with E-state index < -0.39 is 47.3 Å². The van der Waals surface area contributed by atoms with Crippen LogP contribution in [0.15, 0.2) is 46.8 Å². The molecule has 0 spiro atoms. The number of halogens is 4. The van der Waals surface area contributed by atoms with Crippen LogP contribution in [0.25, 0.3) is 21.1 Å². The molecule has 0 bridgehead atoms. The van der Waals surface area contributed by atoms with Gasteiger partial charge in [0.05, 0.1) is 18.0 Å². The Morgan fingerprint density at radius 1 is 1.28 bits per heavy atom. The molecular weight excluding hydrogens is 683 g/mol. The number of hydrogen-bond donors (Lipinski definition) is 3. The Labute approximate surface area is 277 Å². The average molecular weight is 712 g/mol. The zero-order valence-electron chi connectivity index (χ0n) is 25.2. The maximum Gasteiger partial charge on any atom is 0.573 e. The number of alkyl halides is 3. The number of carboxylic acid groups (broad SMARTS) is 1. The molecule has 11 nitrogen and oxygen atoms in total. The van der Waals surface area contributed by atoms with E-state index in [2.05, 4.69) is 20.0 Å². The van der Waals surface area contributed by atoms with Crippen molar-refractivity contribution in [3.63, 3.8) is 0 Å². The molecule has 0 amide bonds. The van der Waals surface area contributed by atoms with E-state index in [1.165, 1.54) is 45.7 Å². The molecule has 17 heteroatoms. The maximum absolute atomic E-state index is 13.5. The van der Waals surface area contributed by atoms with Crippen molar-refractivity contribution in [3.05, 3.63) is 69.2 Å². The zero-order valence-corrected chi connectivity index (χ0v) is 27.5. The maximum atomic E-state index is 13.5. The second kappa shape index (κ2) is 12.4. The zero-order chi connectivity index (χ0) is 33.8. The number of carboxylic acids is 1. The summed E-state index contributed by atoms with van der Waals surface area (Å²) in [5, 5.41) is 20.8. The van der Waals surface area contributed by atoms with Crippen LogP contribution in [0.3, 0.4) is 0 Å². The van der Waals surface area contributed by atoms with Crippen LogP contribution < -0.4 is 9.47 Å². The first-order valence-electron chi connectivity index (χ1n) is 14.3. The molecule has 0 radical (unpaired) electrons. The Balaban J connectivity index is 1.50. The molecule has 3 N–H and O–H groups in total. The van der Waals surface area contributed by atoms with Gasteiger partial charge in [0.25, 0.3) is 0 Å². The van der Waals surface area contributed by atoms with Gasteiger partial charge in [-0.25, -0.2) is 9.67 Å². The van der Waals surface area contributed by atoms with Crippen molar-refractivity contribution in [3.8, 4) is 11.6 Å². The van der Waals surface area contributed by atoms with Gasteiger partial charge in [-0.15, -0.1) is 40.4 Å². The Morgan fingerprint density at radius 2 is 2.04 bits per heavy atom. The molecule has 250 valence electrons. The third kappa shape index (κ3) is 6.45. The Kier molecular flexibility index (Phi) is 8.78. The highest BCUT2D eigenvalue weighted by Gasteiger charge is 2.37. The summed E-state index contributed by atoms with van der Waals surface area (Å²) in [6.45, 7) is 3.69. The second-order valence-electron chi connectivity index (χ2n) is 11.2. The quantitative estimate of drug-likeness (QED) is 0.146. The van der Waals surface area contributed by atoms with Crippen LogP contribution in [0.2, 0.25) is 5.02 Å². The number of aromatic nitrogens is 4. The SMILES string of the molecule is CC[C@@H]1CN(Cc2cc([C@@H](CC(=O)O)c3cc(OC(F)(F)F)c4c(nnn4C)c3C)cc3ccsc23)S(O)(O)c2cc(Cl)cnc2O1. The fourth-order valence-electron chi connectivity index (χ4n) is 5.90. The molecule has 0 fully saturated rings. The molecule has 5 aromatic rings. The highest BCUT2D eigenvalue weighted by molar-refractivity contribution is 8.22. The van der Waals surface area contributed by atoms with E-state index in [0.29, 0.717) is 23.1 Å². The molecule has 47 heavy (non-hydrogen) atoms. The minimum atomic E-state index is -5.02. The molecular formula is C30H29ClF3N5O6S2. The summed E-state index contributed by atoms with van der Waals surface area (Å²) in [7, 11) is -2.22. The predicted octanol–water partition coefficient (Wildman–Crippen LogP) is 7.74. The molecule has 0 unspecified atom stereocenters. The fraction of sp³-hybridized carbons (Fsp3) is 0.333. The average Bonchev–Trinajstić information content (AvgIpc) is 3.61. The Hall–Kier alpha value is -3.67. The van der Waals surface area contributed by atoms with Gasteiger partial charge in [-0.1, -0.05) is 29.8 Å². The van der Waals surface area contributed by atoms with Crippen molar-refractivity contribution < 1.29 is 41.7 Å². The van der Waals surface area contributed by atoms with Crippen LogP contribution in [0.1, 0.15) is 47.9 Å². The van der Waals surface area contributed by atoms with E-state index >= 15 is 0 Å². The molecule has 3 aromatic heterocycles. The number of rotatable bonds is 8. The Morgan fingerprint density at radius 3 is 2.74 bits per heavy atom. The summed E-state index contributed by atoms with van der Waals surface area (Å²) in [5.41, 5.74) is 2.03. The first-order valence-corrected chi connectivity index (χ1v) is 17.1. The lowest BCUT2D eigenvalue weighted by Gasteiger charge is -2.41. The number of carbonyl (C=O) groups is 1. The molecule has 1 aliphatic rings. The van der Waals surface area contributed by atoms with Crippen LogP contribution in [-0.4, -0.2) is 63.5 Å². The minimum Gasteiger partial charge on any atom is -0.481 e. The number of benzene rings is 2. The number of pyridine rings is 1. The highest BCUT2D eigenvalue weighted by Crippen LogP contribution is 2.58. The van der Waals surface area contributed by atoms with Gasteiger partial charge in [-0.2, -0.15) is 4.31 Å².